The number of carboxylic acids is 1. The molecule has 0 bridgehead atoms. The van der Waals surface area contributed by atoms with Gasteiger partial charge in [0.15, 0.2) is 0 Å². The van der Waals surface area contributed by atoms with E-state index in [2.05, 4.69) is 18.8 Å². The van der Waals surface area contributed by atoms with E-state index in [1.807, 2.05) is 24.3 Å². The van der Waals surface area contributed by atoms with Crippen LogP contribution in [0, 0.1) is 11.8 Å². The number of fused-ring (bicyclic) bond motifs is 1. The average Bonchev–Trinajstić information content (AvgIpc) is 2.50. The number of carboxylic acid groups (broad SMARTS) is 1. The number of unbranched alkanes of at least 4 members (excludes halogenated alkanes) is 4. The van der Waals surface area contributed by atoms with Crippen LogP contribution in [0.5, 0.6) is 0 Å². The Bertz CT molecular complexity index is 690. The Morgan fingerprint density at radius 2 is 1.81 bits per heavy atom. The topological polar surface area (TPSA) is 37.3 Å². The first kappa shape index (κ1) is 15.1. The minimum absolute atomic E-state index is 0.317. The summed E-state index contributed by atoms with van der Waals surface area (Å²) in [4.78, 5) is 10.9. The maximum atomic E-state index is 10.9. The quantitative estimate of drug-likeness (QED) is 0.627. The second kappa shape index (κ2) is 7.50. The summed E-state index contributed by atoms with van der Waals surface area (Å²) in [6, 6.07) is 11.1. The van der Waals surface area contributed by atoms with Crippen LogP contribution in [-0.2, 0) is 0 Å². The number of carbonyl (C=O) groups is 1. The molecule has 2 rings (SSSR count). The highest BCUT2D eigenvalue weighted by molar-refractivity contribution is 5.94. The third kappa shape index (κ3) is 4.36. The molecule has 0 heterocycles. The molecule has 0 aliphatic heterocycles. The van der Waals surface area contributed by atoms with Gasteiger partial charge in [-0.05, 0) is 41.5 Å². The van der Waals surface area contributed by atoms with Crippen LogP contribution in [0.4, 0.5) is 0 Å². The Kier molecular flexibility index (Phi) is 5.40. The number of hydrogen-bond acceptors (Lipinski definition) is 1. The van der Waals surface area contributed by atoms with Crippen LogP contribution < -0.4 is 0 Å². The van der Waals surface area contributed by atoms with Gasteiger partial charge in [-0.25, -0.2) is 4.79 Å². The lowest BCUT2D eigenvalue weighted by Gasteiger charge is -2.00. The highest BCUT2D eigenvalue weighted by atomic mass is 16.4. The summed E-state index contributed by atoms with van der Waals surface area (Å²) in [5, 5.41) is 10.9. The predicted octanol–water partition coefficient (Wildman–Crippen LogP) is 4.86. The Morgan fingerprint density at radius 3 is 2.57 bits per heavy atom. The van der Waals surface area contributed by atoms with Crippen molar-refractivity contribution in [2.24, 2.45) is 0 Å². The molecule has 0 fully saturated rings. The molecule has 0 saturated heterocycles. The molecule has 1 N–H and O–H groups in total. The fourth-order valence-electron chi connectivity index (χ4n) is 2.26. The molecule has 2 aromatic carbocycles. The largest absolute Gasteiger partial charge is 0.478 e. The Morgan fingerprint density at radius 1 is 1.05 bits per heavy atom. The standard InChI is InChI=1S/C19H20O2/c1-2-3-4-5-6-7-8-15-9-10-17-14-18(19(20)21)12-11-16(17)13-15/h9-14H,2-6H2,1H3,(H,20,21). The van der Waals surface area contributed by atoms with Crippen molar-refractivity contribution in [2.45, 2.75) is 39.0 Å². The molecule has 0 saturated carbocycles. The highest BCUT2D eigenvalue weighted by Gasteiger charge is 2.03. The molecule has 0 aliphatic carbocycles. The third-order valence-electron chi connectivity index (χ3n) is 3.48. The molecule has 2 aromatic rings. The summed E-state index contributed by atoms with van der Waals surface area (Å²) >= 11 is 0. The molecular weight excluding hydrogens is 260 g/mol. The second-order valence-corrected chi connectivity index (χ2v) is 5.19. The molecule has 0 atom stereocenters. The maximum Gasteiger partial charge on any atom is 0.335 e. The molecular formula is C19H20O2. The van der Waals surface area contributed by atoms with Gasteiger partial charge in [0.25, 0.3) is 0 Å². The zero-order valence-electron chi connectivity index (χ0n) is 12.4. The molecule has 0 aromatic heterocycles. The number of rotatable bonds is 5. The molecule has 0 aliphatic rings. The number of hydrogen-bond donors (Lipinski definition) is 1. The zero-order valence-corrected chi connectivity index (χ0v) is 12.4. The van der Waals surface area contributed by atoms with Gasteiger partial charge in [-0.15, -0.1) is 0 Å². The monoisotopic (exact) mass is 280 g/mol. The molecule has 0 radical (unpaired) electrons. The molecule has 2 nitrogen and oxygen atoms in total. The van der Waals surface area contributed by atoms with Gasteiger partial charge in [0.1, 0.15) is 0 Å². The fourth-order valence-corrected chi connectivity index (χ4v) is 2.26. The molecule has 0 amide bonds. The van der Waals surface area contributed by atoms with E-state index >= 15 is 0 Å². The van der Waals surface area contributed by atoms with Crippen LogP contribution in [0.3, 0.4) is 0 Å². The first-order chi connectivity index (χ1) is 10.2. The third-order valence-corrected chi connectivity index (χ3v) is 3.48. The maximum absolute atomic E-state index is 10.9. The van der Waals surface area contributed by atoms with Crippen molar-refractivity contribution in [3.8, 4) is 11.8 Å². The fraction of sp³-hybridized carbons (Fsp3) is 0.316. The lowest BCUT2D eigenvalue weighted by molar-refractivity contribution is 0.0697. The van der Waals surface area contributed by atoms with E-state index in [4.69, 9.17) is 5.11 Å². The molecule has 21 heavy (non-hydrogen) atoms. The lowest BCUT2D eigenvalue weighted by Crippen LogP contribution is -1.95. The van der Waals surface area contributed by atoms with E-state index < -0.39 is 5.97 Å². The van der Waals surface area contributed by atoms with Gasteiger partial charge in [0.2, 0.25) is 0 Å². The normalized spacial score (nSPS) is 10.1. The summed E-state index contributed by atoms with van der Waals surface area (Å²) in [6.45, 7) is 2.20. The lowest BCUT2D eigenvalue weighted by atomic mass is 10.0. The van der Waals surface area contributed by atoms with E-state index in [0.717, 1.165) is 29.2 Å². The van der Waals surface area contributed by atoms with Gasteiger partial charge >= 0.3 is 5.97 Å². The average molecular weight is 280 g/mol. The summed E-state index contributed by atoms with van der Waals surface area (Å²) in [5.41, 5.74) is 1.30. The summed E-state index contributed by atoms with van der Waals surface area (Å²) in [7, 11) is 0. The molecule has 2 heteroatoms. The summed E-state index contributed by atoms with van der Waals surface area (Å²) < 4.78 is 0. The Hall–Kier alpha value is -2.27. The Balaban J connectivity index is 2.07. The first-order valence-corrected chi connectivity index (χ1v) is 7.46. The van der Waals surface area contributed by atoms with Crippen LogP contribution in [0.15, 0.2) is 36.4 Å². The van der Waals surface area contributed by atoms with E-state index in [-0.39, 0.29) is 0 Å². The van der Waals surface area contributed by atoms with Crippen molar-refractivity contribution in [3.63, 3.8) is 0 Å². The van der Waals surface area contributed by atoms with E-state index in [0.29, 0.717) is 5.56 Å². The van der Waals surface area contributed by atoms with Gasteiger partial charge in [0, 0.05) is 12.0 Å². The van der Waals surface area contributed by atoms with Crippen molar-refractivity contribution in [1.82, 2.24) is 0 Å². The van der Waals surface area contributed by atoms with Crippen LogP contribution in [0.25, 0.3) is 10.8 Å². The molecule has 108 valence electrons. The van der Waals surface area contributed by atoms with E-state index in [1.165, 1.54) is 19.3 Å². The smallest absolute Gasteiger partial charge is 0.335 e. The Labute approximate surface area is 125 Å². The zero-order chi connectivity index (χ0) is 15.1. The number of benzene rings is 2. The SMILES string of the molecule is CCCCCCC#Cc1ccc2cc(C(=O)O)ccc2c1. The van der Waals surface area contributed by atoms with Gasteiger partial charge < -0.3 is 5.11 Å². The van der Waals surface area contributed by atoms with Gasteiger partial charge in [0.05, 0.1) is 5.56 Å². The first-order valence-electron chi connectivity index (χ1n) is 7.46. The van der Waals surface area contributed by atoms with Gasteiger partial charge in [-0.1, -0.05) is 50.2 Å². The minimum Gasteiger partial charge on any atom is -0.478 e. The van der Waals surface area contributed by atoms with Crippen LogP contribution in [-0.4, -0.2) is 11.1 Å². The van der Waals surface area contributed by atoms with Crippen molar-refractivity contribution < 1.29 is 9.90 Å². The minimum atomic E-state index is -0.896. The molecule has 0 unspecified atom stereocenters. The van der Waals surface area contributed by atoms with Crippen molar-refractivity contribution in [2.75, 3.05) is 0 Å². The van der Waals surface area contributed by atoms with Crippen molar-refractivity contribution in [3.05, 3.63) is 47.5 Å². The summed E-state index contributed by atoms with van der Waals surface area (Å²) in [5.74, 6) is 5.50. The highest BCUT2D eigenvalue weighted by Crippen LogP contribution is 2.17. The molecule has 0 spiro atoms. The number of aromatic carboxylic acids is 1. The van der Waals surface area contributed by atoms with Gasteiger partial charge in [-0.3, -0.25) is 0 Å². The van der Waals surface area contributed by atoms with Crippen LogP contribution in [0.2, 0.25) is 0 Å². The predicted molar refractivity (Wildman–Crippen MR) is 86.5 cm³/mol. The van der Waals surface area contributed by atoms with E-state index in [1.54, 1.807) is 12.1 Å². The van der Waals surface area contributed by atoms with Crippen molar-refractivity contribution >= 4 is 16.7 Å². The van der Waals surface area contributed by atoms with Crippen molar-refractivity contribution in [1.29, 1.82) is 0 Å². The summed E-state index contributed by atoms with van der Waals surface area (Å²) in [6.07, 6.45) is 5.88. The van der Waals surface area contributed by atoms with Gasteiger partial charge in [-0.2, -0.15) is 0 Å². The second-order valence-electron chi connectivity index (χ2n) is 5.19. The van der Waals surface area contributed by atoms with Crippen LogP contribution in [0.1, 0.15) is 54.9 Å². The van der Waals surface area contributed by atoms with E-state index in [9.17, 15) is 4.79 Å². The van der Waals surface area contributed by atoms with Crippen LogP contribution >= 0.6 is 0 Å².